The molecule has 0 aliphatic heterocycles. The maximum atomic E-state index is 12.5. The van der Waals surface area contributed by atoms with Crippen LogP contribution in [0.5, 0.6) is 0 Å². The first kappa shape index (κ1) is 21.7. The molecule has 0 saturated carbocycles. The first-order valence-electron chi connectivity index (χ1n) is 8.11. The molecular formula is C18H24N2O2S2Se2. The van der Waals surface area contributed by atoms with Gasteiger partial charge in [-0.3, -0.25) is 0 Å². The number of thiophene rings is 2. The predicted octanol–water partition coefficient (Wildman–Crippen LogP) is 2.14. The van der Waals surface area contributed by atoms with E-state index in [-0.39, 0.29) is 49.2 Å². The van der Waals surface area contributed by atoms with Crippen LogP contribution in [0.1, 0.15) is 60.9 Å². The van der Waals surface area contributed by atoms with Crippen molar-refractivity contribution in [2.45, 2.75) is 52.6 Å². The van der Waals surface area contributed by atoms with Gasteiger partial charge in [0.05, 0.1) is 0 Å². The first-order chi connectivity index (χ1) is 12.0. The molecule has 0 spiro atoms. The van der Waals surface area contributed by atoms with Crippen molar-refractivity contribution < 1.29 is 9.59 Å². The van der Waals surface area contributed by atoms with Crippen molar-refractivity contribution in [2.24, 2.45) is 0 Å². The second kappa shape index (κ2) is 8.59. The minimum atomic E-state index is -0.248. The topological polar surface area (TPSA) is 58.2 Å². The van der Waals surface area contributed by atoms with E-state index in [1.165, 1.54) is 22.7 Å². The predicted molar refractivity (Wildman–Crippen MR) is 114 cm³/mol. The minimum absolute atomic E-state index is 0.00353. The zero-order chi connectivity index (χ0) is 19.5. The molecule has 0 unspecified atom stereocenters. The normalized spacial score (nSPS) is 12.1. The van der Waals surface area contributed by atoms with Crippen molar-refractivity contribution in [1.29, 1.82) is 0 Å². The average Bonchev–Trinajstić information content (AvgIpc) is 3.10. The molecule has 2 amide bonds. The van der Waals surface area contributed by atoms with Crippen molar-refractivity contribution >= 4 is 69.7 Å². The van der Waals surface area contributed by atoms with E-state index >= 15 is 0 Å². The number of amides is 2. The Morgan fingerprint density at radius 2 is 1.12 bits per heavy atom. The van der Waals surface area contributed by atoms with Crippen LogP contribution >= 0.6 is 22.7 Å². The fourth-order valence-electron chi connectivity index (χ4n) is 1.94. The van der Waals surface area contributed by atoms with Crippen LogP contribution in [0, 0.1) is 0 Å². The Morgan fingerprint density at radius 3 is 1.42 bits per heavy atom. The Balaban J connectivity index is 2.08. The molecule has 2 aromatic heterocycles. The monoisotopic (exact) mass is 524 g/mol. The molecule has 0 aliphatic carbocycles. The van der Waals surface area contributed by atoms with Crippen molar-refractivity contribution in [3.63, 3.8) is 0 Å². The number of hydrogen-bond acceptors (Lipinski definition) is 4. The molecule has 2 aromatic rings. The zero-order valence-corrected chi connectivity index (χ0v) is 20.8. The molecule has 0 bridgehead atoms. The van der Waals surface area contributed by atoms with Crippen LogP contribution < -0.4 is 19.6 Å². The SMILES string of the molecule is CC(C)(C)NC(=O)c1sccc1[Se][Se]c1ccsc1C(=O)NC(C)(C)C. The van der Waals surface area contributed by atoms with Crippen molar-refractivity contribution in [1.82, 2.24) is 10.6 Å². The summed E-state index contributed by atoms with van der Waals surface area (Å²) < 4.78 is 2.25. The van der Waals surface area contributed by atoms with Gasteiger partial charge >= 0.3 is 175 Å². The molecule has 2 heterocycles. The fraction of sp³-hybridized carbons (Fsp3) is 0.444. The van der Waals surface area contributed by atoms with Crippen LogP contribution in [0.4, 0.5) is 0 Å². The molecule has 26 heavy (non-hydrogen) atoms. The van der Waals surface area contributed by atoms with Crippen LogP contribution in [-0.2, 0) is 0 Å². The van der Waals surface area contributed by atoms with E-state index < -0.39 is 0 Å². The van der Waals surface area contributed by atoms with Crippen LogP contribution in [0.25, 0.3) is 0 Å². The standard InChI is InChI=1S/C18H24N2O2S2Se2/c1-17(2,3)19-15(21)13-11(7-9-23-13)25-26-12-8-10-24-14(12)16(22)20-18(4,5)6/h7-10H,1-6H3,(H,19,21)(H,20,22). The van der Waals surface area contributed by atoms with Crippen LogP contribution in [-0.4, -0.2) is 49.2 Å². The van der Waals surface area contributed by atoms with Gasteiger partial charge in [0.2, 0.25) is 0 Å². The quantitative estimate of drug-likeness (QED) is 0.592. The van der Waals surface area contributed by atoms with E-state index in [1.807, 2.05) is 64.4 Å². The van der Waals surface area contributed by atoms with Gasteiger partial charge in [-0.1, -0.05) is 0 Å². The molecule has 4 nitrogen and oxygen atoms in total. The van der Waals surface area contributed by atoms with Gasteiger partial charge in [0.1, 0.15) is 0 Å². The molecule has 0 saturated heterocycles. The molecule has 8 heteroatoms. The summed E-state index contributed by atoms with van der Waals surface area (Å²) in [6, 6.07) is 4.09. The molecule has 0 atom stereocenters. The summed E-state index contributed by atoms with van der Waals surface area (Å²) in [5.41, 5.74) is -0.496. The number of carbonyl (C=O) groups excluding carboxylic acids is 2. The second-order valence-corrected chi connectivity index (χ2v) is 15.8. The Bertz CT molecular complexity index is 719. The summed E-state index contributed by atoms with van der Waals surface area (Å²) in [6.07, 6.45) is 0. The van der Waals surface area contributed by atoms with Gasteiger partial charge in [-0.25, -0.2) is 0 Å². The molecular weight excluding hydrogens is 498 g/mol. The molecule has 2 N–H and O–H groups in total. The van der Waals surface area contributed by atoms with Gasteiger partial charge in [-0.2, -0.15) is 0 Å². The Kier molecular flexibility index (Phi) is 7.16. The summed E-state index contributed by atoms with van der Waals surface area (Å²) in [5.74, 6) is -0.00705. The summed E-state index contributed by atoms with van der Waals surface area (Å²) in [6.45, 7) is 11.9. The van der Waals surface area contributed by atoms with Gasteiger partial charge in [0.15, 0.2) is 0 Å². The third kappa shape index (κ3) is 6.52. The van der Waals surface area contributed by atoms with Gasteiger partial charge in [-0.05, 0) is 0 Å². The Labute approximate surface area is 174 Å². The molecule has 0 radical (unpaired) electrons. The van der Waals surface area contributed by atoms with E-state index in [0.717, 1.165) is 18.7 Å². The van der Waals surface area contributed by atoms with E-state index in [1.54, 1.807) is 0 Å². The summed E-state index contributed by atoms with van der Waals surface area (Å²) >= 11 is 3.31. The number of rotatable bonds is 5. The number of carbonyl (C=O) groups is 2. The Morgan fingerprint density at radius 1 is 0.769 bits per heavy atom. The number of hydrogen-bond donors (Lipinski definition) is 2. The third-order valence-corrected chi connectivity index (χ3v) is 12.5. The number of nitrogens with one attached hydrogen (secondary N) is 2. The fourth-order valence-corrected chi connectivity index (χ4v) is 12.6. The van der Waals surface area contributed by atoms with Crippen molar-refractivity contribution in [3.8, 4) is 0 Å². The average molecular weight is 522 g/mol. The van der Waals surface area contributed by atoms with Gasteiger partial charge in [0, 0.05) is 0 Å². The van der Waals surface area contributed by atoms with E-state index in [0.29, 0.717) is 0 Å². The zero-order valence-electron chi connectivity index (χ0n) is 15.8. The summed E-state index contributed by atoms with van der Waals surface area (Å²) in [5, 5.41) is 10.0. The molecule has 2 rings (SSSR count). The summed E-state index contributed by atoms with van der Waals surface area (Å²) in [4.78, 5) is 26.6. The van der Waals surface area contributed by atoms with Gasteiger partial charge < -0.3 is 0 Å². The molecule has 142 valence electrons. The van der Waals surface area contributed by atoms with Gasteiger partial charge in [-0.15, -0.1) is 0 Å². The van der Waals surface area contributed by atoms with E-state index in [4.69, 9.17) is 0 Å². The molecule has 0 aliphatic rings. The van der Waals surface area contributed by atoms with Crippen LogP contribution in [0.3, 0.4) is 0 Å². The molecule has 0 aromatic carbocycles. The van der Waals surface area contributed by atoms with E-state index in [2.05, 4.69) is 10.6 Å². The van der Waals surface area contributed by atoms with Crippen LogP contribution in [0.15, 0.2) is 22.9 Å². The van der Waals surface area contributed by atoms with E-state index in [9.17, 15) is 9.59 Å². The first-order valence-corrected chi connectivity index (χ1v) is 15.9. The second-order valence-electron chi connectivity index (χ2n) is 7.80. The van der Waals surface area contributed by atoms with Gasteiger partial charge in [0.25, 0.3) is 0 Å². The van der Waals surface area contributed by atoms with Crippen molar-refractivity contribution in [3.05, 3.63) is 32.6 Å². The van der Waals surface area contributed by atoms with Crippen LogP contribution in [0.2, 0.25) is 0 Å². The maximum absolute atomic E-state index is 12.5. The summed E-state index contributed by atoms with van der Waals surface area (Å²) in [7, 11) is 0. The van der Waals surface area contributed by atoms with Crippen molar-refractivity contribution in [2.75, 3.05) is 0 Å². The molecule has 0 fully saturated rings. The third-order valence-electron chi connectivity index (χ3n) is 2.87. The Hall–Kier alpha value is -0.621.